The number of carbonyl (C=O) groups excluding carboxylic acids is 2. The summed E-state index contributed by atoms with van der Waals surface area (Å²) in [5.74, 6) is -0.935. The van der Waals surface area contributed by atoms with Gasteiger partial charge in [0, 0.05) is 112 Å². The highest BCUT2D eigenvalue weighted by Crippen LogP contribution is 2.19. The van der Waals surface area contributed by atoms with E-state index in [2.05, 4.69) is 151 Å². The molecule has 8 aromatic rings. The molecule has 0 unspecified atom stereocenters. The van der Waals surface area contributed by atoms with Gasteiger partial charge in [-0.05, 0) is 70.8 Å². The number of carbonyl (C=O) groups is 2. The maximum atomic E-state index is 13.0. The Labute approximate surface area is 361 Å². The summed E-state index contributed by atoms with van der Waals surface area (Å²) in [4.78, 5) is 34.9. The number of hydrogen-bond acceptors (Lipinski definition) is 6. The van der Waals surface area contributed by atoms with Crippen molar-refractivity contribution in [3.05, 3.63) is 195 Å². The zero-order valence-electron chi connectivity index (χ0n) is 34.6. The first-order chi connectivity index (χ1) is 30.5. The molecule has 0 aliphatic carbocycles. The lowest BCUT2D eigenvalue weighted by Gasteiger charge is -2.07. The first-order valence-corrected chi connectivity index (χ1v) is 21.0. The zero-order chi connectivity index (χ0) is 42.4. The van der Waals surface area contributed by atoms with Crippen molar-refractivity contribution in [2.45, 2.75) is 52.1 Å². The molecule has 0 amide bonds. The van der Waals surface area contributed by atoms with E-state index < -0.39 is 11.9 Å². The van der Waals surface area contributed by atoms with Crippen molar-refractivity contribution in [1.29, 1.82) is 0 Å². The lowest BCUT2D eigenvalue weighted by atomic mass is 10.1. The van der Waals surface area contributed by atoms with E-state index >= 15 is 0 Å². The number of aryl methyl sites for hydroxylation is 4. The minimum absolute atomic E-state index is 0.195. The van der Waals surface area contributed by atoms with Crippen LogP contribution in [0.5, 0.6) is 0 Å². The number of rotatable bonds is 19. The first kappa shape index (κ1) is 41.1. The summed E-state index contributed by atoms with van der Waals surface area (Å²) in [5.41, 5.74) is 6.07. The van der Waals surface area contributed by atoms with Crippen LogP contribution in [0.2, 0.25) is 0 Å². The van der Waals surface area contributed by atoms with Crippen LogP contribution in [0.25, 0.3) is 33.6 Å². The lowest BCUT2D eigenvalue weighted by molar-refractivity contribution is -0.698. The summed E-state index contributed by atoms with van der Waals surface area (Å²) >= 11 is 0. The molecule has 0 aliphatic rings. The van der Waals surface area contributed by atoms with Crippen LogP contribution in [0.4, 0.5) is 0 Å². The van der Waals surface area contributed by atoms with Crippen molar-refractivity contribution in [2.75, 3.05) is 13.2 Å². The van der Waals surface area contributed by atoms with Crippen LogP contribution in [-0.4, -0.2) is 44.3 Å². The van der Waals surface area contributed by atoms with Gasteiger partial charge in [0.15, 0.2) is 75.9 Å². The molecule has 0 saturated carbocycles. The molecule has 8 rings (SSSR count). The summed E-state index contributed by atoms with van der Waals surface area (Å²) in [5, 5.41) is 0. The van der Waals surface area contributed by atoms with E-state index in [4.69, 9.17) is 9.47 Å². The minimum atomic E-state index is -0.468. The molecule has 0 radical (unpaired) electrons. The van der Waals surface area contributed by atoms with Gasteiger partial charge >= 0.3 is 11.9 Å². The molecule has 8 heterocycles. The van der Waals surface area contributed by atoms with E-state index in [0.717, 1.165) is 61.3 Å². The smallest absolute Gasteiger partial charge is 0.338 e. The van der Waals surface area contributed by atoms with E-state index in [1.807, 2.05) is 33.9 Å². The monoisotopic (exact) mass is 826 g/mol. The Morgan fingerprint density at radius 1 is 0.452 bits per heavy atom. The second-order valence-corrected chi connectivity index (χ2v) is 15.0. The molecule has 0 spiro atoms. The van der Waals surface area contributed by atoms with Crippen LogP contribution in [0.1, 0.15) is 33.6 Å². The SMILES string of the molecule is O=C(OCC[n+]1ccc(-c2cc[n+](CCCn3cccc3)cc2)cc1)c1ccnc(-c2cc(C(=O)OCC[n+]3ccc(-c4cc[n+](CCCn5cccc5)cc4)cc3)ccn2)c1. The standard InChI is InChI=1S/C50H50N8O4/c59-49(61-37-35-57-31-13-43(14-32-57)41-9-27-55(28-10-41)25-5-23-53-19-1-2-20-53)45-7-17-51-47(39-45)48-40-46(8-18-52-48)50(60)62-38-36-58-33-15-44(16-34-58)42-11-29-56(30-12-42)26-6-24-54-21-3-4-22-54/h1-4,7-22,27-34,39-40H,5-6,23-26,35-38H2/q+4. The van der Waals surface area contributed by atoms with E-state index in [1.165, 1.54) is 12.4 Å². The minimum Gasteiger partial charge on any atom is -0.455 e. The molecular formula is C50H50N8O4+4. The van der Waals surface area contributed by atoms with Crippen LogP contribution in [-0.2, 0) is 48.7 Å². The van der Waals surface area contributed by atoms with Gasteiger partial charge in [0.2, 0.25) is 0 Å². The normalized spacial score (nSPS) is 11.0. The number of nitrogens with zero attached hydrogens (tertiary/aromatic N) is 8. The third-order valence-corrected chi connectivity index (χ3v) is 10.6. The van der Waals surface area contributed by atoms with E-state index in [0.29, 0.717) is 35.6 Å². The van der Waals surface area contributed by atoms with Gasteiger partial charge in [-0.1, -0.05) is 0 Å². The van der Waals surface area contributed by atoms with Gasteiger partial charge in [0.25, 0.3) is 0 Å². The molecule has 0 saturated heterocycles. The van der Waals surface area contributed by atoms with Crippen molar-refractivity contribution < 1.29 is 37.3 Å². The zero-order valence-corrected chi connectivity index (χ0v) is 34.6. The van der Waals surface area contributed by atoms with Gasteiger partial charge in [-0.25, -0.2) is 27.9 Å². The molecule has 0 aromatic carbocycles. The summed E-state index contributed by atoms with van der Waals surface area (Å²) in [6.45, 7) is 5.30. The fourth-order valence-electron chi connectivity index (χ4n) is 7.15. The van der Waals surface area contributed by atoms with Gasteiger partial charge in [0.1, 0.15) is 13.1 Å². The van der Waals surface area contributed by atoms with Crippen molar-refractivity contribution in [3.8, 4) is 33.6 Å². The topological polar surface area (TPSA) is 104 Å². The molecule has 12 heteroatoms. The molecular weight excluding hydrogens is 777 g/mol. The molecule has 0 atom stereocenters. The Hall–Kier alpha value is -7.60. The Kier molecular flexibility index (Phi) is 13.7. The number of hydrogen-bond donors (Lipinski definition) is 0. The predicted octanol–water partition coefficient (Wildman–Crippen LogP) is 6.13. The summed E-state index contributed by atoms with van der Waals surface area (Å²) in [6, 6.07) is 31.4. The average Bonchev–Trinajstić information content (AvgIpc) is 4.06. The molecule has 310 valence electrons. The van der Waals surface area contributed by atoms with Crippen molar-refractivity contribution >= 4 is 11.9 Å². The van der Waals surface area contributed by atoms with E-state index in [-0.39, 0.29) is 13.2 Å². The second kappa shape index (κ2) is 20.6. The molecule has 8 aromatic heterocycles. The molecule has 0 bridgehead atoms. The third kappa shape index (κ3) is 11.4. The predicted molar refractivity (Wildman–Crippen MR) is 231 cm³/mol. The number of pyridine rings is 6. The van der Waals surface area contributed by atoms with Crippen LogP contribution >= 0.6 is 0 Å². The molecule has 12 nitrogen and oxygen atoms in total. The molecule has 62 heavy (non-hydrogen) atoms. The number of aromatic nitrogens is 8. The van der Waals surface area contributed by atoms with Gasteiger partial charge in [-0.3, -0.25) is 9.97 Å². The Morgan fingerprint density at radius 3 is 1.11 bits per heavy atom. The second-order valence-electron chi connectivity index (χ2n) is 15.0. The fraction of sp³-hybridized carbons (Fsp3) is 0.200. The largest absolute Gasteiger partial charge is 0.455 e. The van der Waals surface area contributed by atoms with Crippen molar-refractivity contribution in [3.63, 3.8) is 0 Å². The van der Waals surface area contributed by atoms with Crippen LogP contribution in [0.15, 0.2) is 184 Å². The number of esters is 2. The van der Waals surface area contributed by atoms with Crippen LogP contribution in [0, 0.1) is 0 Å². The van der Waals surface area contributed by atoms with Crippen molar-refractivity contribution in [2.24, 2.45) is 0 Å². The quantitative estimate of drug-likeness (QED) is 0.0719. The Morgan fingerprint density at radius 2 is 0.774 bits per heavy atom. The highest BCUT2D eigenvalue weighted by Gasteiger charge is 2.15. The summed E-state index contributed by atoms with van der Waals surface area (Å²) in [6.07, 6.45) is 30.0. The van der Waals surface area contributed by atoms with E-state index in [1.54, 1.807) is 24.3 Å². The molecule has 0 aliphatic heterocycles. The van der Waals surface area contributed by atoms with E-state index in [9.17, 15) is 9.59 Å². The number of ether oxygens (including phenoxy) is 2. The lowest BCUT2D eigenvalue weighted by Crippen LogP contribution is -2.35. The summed E-state index contributed by atoms with van der Waals surface area (Å²) < 4.78 is 24.0. The highest BCUT2D eigenvalue weighted by molar-refractivity contribution is 5.92. The summed E-state index contributed by atoms with van der Waals surface area (Å²) in [7, 11) is 0. The van der Waals surface area contributed by atoms with Gasteiger partial charge in [-0.15, -0.1) is 0 Å². The van der Waals surface area contributed by atoms with Gasteiger partial charge in [-0.2, -0.15) is 0 Å². The third-order valence-electron chi connectivity index (χ3n) is 10.6. The van der Waals surface area contributed by atoms with Crippen molar-refractivity contribution in [1.82, 2.24) is 19.1 Å². The Balaban J connectivity index is 0.766. The fourth-order valence-corrected chi connectivity index (χ4v) is 7.15. The van der Waals surface area contributed by atoms with Gasteiger partial charge in [0.05, 0.1) is 22.5 Å². The molecule has 0 N–H and O–H groups in total. The maximum absolute atomic E-state index is 13.0. The van der Waals surface area contributed by atoms with Gasteiger partial charge < -0.3 is 18.6 Å². The first-order valence-electron chi connectivity index (χ1n) is 21.0. The maximum Gasteiger partial charge on any atom is 0.338 e. The van der Waals surface area contributed by atoms with Crippen LogP contribution < -0.4 is 18.3 Å². The molecule has 0 fully saturated rings. The average molecular weight is 827 g/mol. The Bertz CT molecular complexity index is 2460. The van der Waals surface area contributed by atoms with Crippen LogP contribution in [0.3, 0.4) is 0 Å². The highest BCUT2D eigenvalue weighted by atomic mass is 16.5.